The van der Waals surface area contributed by atoms with Crippen LogP contribution in [0.15, 0.2) is 6.33 Å². The smallest absolute Gasteiger partial charge is 0.387 e. The molecular weight excluding hydrogens is 539 g/mol. The predicted molar refractivity (Wildman–Crippen MR) is 114 cm³/mol. The zero-order valence-electron chi connectivity index (χ0n) is 18.1. The average Bonchev–Trinajstić information content (AvgIpc) is 3.22. The molecule has 0 saturated carbocycles. The molecule has 2 aromatic rings. The standard InChI is InChI=1S/C14H24N5O13P3/c1-3-6(2)12-18-8-11(15)16-5-17-13(8)19(12)14-10(21)9(20)7(30-14)4-29-34(25,26)32-35(27,28)31-33(22,23)24/h5-7,9-10,14,20-21H,3-4H2,1-2H3,(H,25,26)(H,27,28)(H2,15,16,17)(H2,22,23,24)/t6?,7-,9-,10-,14-/m1/s1. The SMILES string of the molecule is CCC(C)c1nc2c(N)ncnc2n1[C@@H]1O[C@H](COP(=O)(O)OP(=O)(O)OP(=O)(O)O)[C@@H](O)[C@H]1O. The Kier molecular flexibility index (Phi) is 8.21. The molecule has 35 heavy (non-hydrogen) atoms. The average molecular weight is 563 g/mol. The lowest BCUT2D eigenvalue weighted by molar-refractivity contribution is -0.0518. The highest BCUT2D eigenvalue weighted by molar-refractivity contribution is 7.66. The van der Waals surface area contributed by atoms with E-state index in [4.69, 9.17) is 20.3 Å². The van der Waals surface area contributed by atoms with E-state index in [1.807, 2.05) is 13.8 Å². The Labute approximate surface area is 197 Å². The first kappa shape index (κ1) is 28.2. The van der Waals surface area contributed by atoms with Gasteiger partial charge in [-0.05, 0) is 6.42 Å². The van der Waals surface area contributed by atoms with Crippen LogP contribution in [0, 0.1) is 0 Å². The summed E-state index contributed by atoms with van der Waals surface area (Å²) in [7, 11) is -16.7. The van der Waals surface area contributed by atoms with Gasteiger partial charge in [0.2, 0.25) is 0 Å². The quantitative estimate of drug-likeness (QED) is 0.186. The number of phosphoric acid groups is 3. The molecule has 0 aromatic carbocycles. The van der Waals surface area contributed by atoms with Crippen LogP contribution < -0.4 is 5.73 Å². The summed E-state index contributed by atoms with van der Waals surface area (Å²) in [5.41, 5.74) is 6.30. The number of phosphoric ester groups is 1. The van der Waals surface area contributed by atoms with Gasteiger partial charge >= 0.3 is 23.5 Å². The zero-order valence-corrected chi connectivity index (χ0v) is 20.8. The molecule has 0 bridgehead atoms. The van der Waals surface area contributed by atoms with Crippen LogP contribution in [0.5, 0.6) is 0 Å². The normalized spacial score (nSPS) is 27.5. The van der Waals surface area contributed by atoms with Gasteiger partial charge in [-0.2, -0.15) is 8.62 Å². The fourth-order valence-corrected chi connectivity index (χ4v) is 6.31. The number of aromatic nitrogens is 4. The van der Waals surface area contributed by atoms with Gasteiger partial charge in [-0.1, -0.05) is 13.8 Å². The summed E-state index contributed by atoms with van der Waals surface area (Å²) in [6.07, 6.45) is -4.28. The van der Waals surface area contributed by atoms with Gasteiger partial charge in [0.25, 0.3) is 0 Å². The third-order valence-electron chi connectivity index (χ3n) is 5.00. The summed E-state index contributed by atoms with van der Waals surface area (Å²) in [5.74, 6) is 0.292. The van der Waals surface area contributed by atoms with Crippen molar-refractivity contribution in [2.45, 2.75) is 50.7 Å². The van der Waals surface area contributed by atoms with E-state index in [2.05, 4.69) is 28.1 Å². The number of aliphatic hydroxyl groups is 2. The van der Waals surface area contributed by atoms with Gasteiger partial charge in [0, 0.05) is 5.92 Å². The second kappa shape index (κ2) is 10.2. The molecule has 1 aliphatic rings. The number of fused-ring (bicyclic) bond motifs is 1. The minimum atomic E-state index is -5.72. The first-order chi connectivity index (χ1) is 16.1. The van der Waals surface area contributed by atoms with E-state index in [-0.39, 0.29) is 22.9 Å². The lowest BCUT2D eigenvalue weighted by Gasteiger charge is -2.21. The van der Waals surface area contributed by atoms with Crippen molar-refractivity contribution in [1.29, 1.82) is 0 Å². The van der Waals surface area contributed by atoms with Crippen molar-refractivity contribution in [1.82, 2.24) is 19.5 Å². The molecule has 21 heteroatoms. The maximum atomic E-state index is 12.0. The summed E-state index contributed by atoms with van der Waals surface area (Å²) in [6.45, 7) is 2.77. The first-order valence-corrected chi connectivity index (χ1v) is 14.4. The largest absolute Gasteiger partial charge is 0.490 e. The van der Waals surface area contributed by atoms with Crippen LogP contribution in [0.1, 0.15) is 38.2 Å². The highest BCUT2D eigenvalue weighted by atomic mass is 31.3. The third-order valence-corrected chi connectivity index (χ3v) is 8.80. The van der Waals surface area contributed by atoms with Crippen molar-refractivity contribution in [3.63, 3.8) is 0 Å². The molecule has 3 rings (SSSR count). The molecule has 1 fully saturated rings. The minimum absolute atomic E-state index is 0.0653. The molecule has 0 radical (unpaired) electrons. The number of nitrogens with two attached hydrogens (primary N) is 1. The van der Waals surface area contributed by atoms with Crippen LogP contribution in [-0.2, 0) is 31.6 Å². The number of aliphatic hydroxyl groups excluding tert-OH is 2. The molecule has 8 N–H and O–H groups in total. The molecule has 18 nitrogen and oxygen atoms in total. The summed E-state index contributed by atoms with van der Waals surface area (Å²) in [4.78, 5) is 48.4. The molecule has 1 saturated heterocycles. The lowest BCUT2D eigenvalue weighted by Crippen LogP contribution is -2.34. The van der Waals surface area contributed by atoms with Crippen molar-refractivity contribution in [2.75, 3.05) is 12.3 Å². The second-order valence-corrected chi connectivity index (χ2v) is 11.9. The Balaban J connectivity index is 1.82. The highest BCUT2D eigenvalue weighted by Gasteiger charge is 2.47. The van der Waals surface area contributed by atoms with Gasteiger partial charge < -0.3 is 40.3 Å². The summed E-state index contributed by atoms with van der Waals surface area (Å²) in [5, 5.41) is 21.1. The first-order valence-electron chi connectivity index (χ1n) is 9.83. The van der Waals surface area contributed by atoms with E-state index in [1.165, 1.54) is 10.9 Å². The Bertz CT molecular complexity index is 1220. The molecule has 3 unspecified atom stereocenters. The zero-order chi connectivity index (χ0) is 26.3. The highest BCUT2D eigenvalue weighted by Crippen LogP contribution is 2.66. The van der Waals surface area contributed by atoms with Crippen LogP contribution in [0.4, 0.5) is 5.82 Å². The molecule has 0 amide bonds. The number of hydrogen-bond donors (Lipinski definition) is 7. The lowest BCUT2D eigenvalue weighted by atomic mass is 10.1. The molecule has 198 valence electrons. The summed E-state index contributed by atoms with van der Waals surface area (Å²) in [6, 6.07) is 0. The molecule has 0 spiro atoms. The fraction of sp³-hybridized carbons (Fsp3) is 0.643. The van der Waals surface area contributed by atoms with Crippen LogP contribution >= 0.6 is 23.5 Å². The van der Waals surface area contributed by atoms with Gasteiger partial charge in [0.05, 0.1) is 6.61 Å². The van der Waals surface area contributed by atoms with Crippen LogP contribution in [0.2, 0.25) is 0 Å². The maximum absolute atomic E-state index is 12.0. The molecule has 2 aromatic heterocycles. The summed E-state index contributed by atoms with van der Waals surface area (Å²) >= 11 is 0. The van der Waals surface area contributed by atoms with Gasteiger partial charge in [-0.3, -0.25) is 9.09 Å². The van der Waals surface area contributed by atoms with Crippen molar-refractivity contribution in [2.24, 2.45) is 0 Å². The van der Waals surface area contributed by atoms with Crippen molar-refractivity contribution in [3.05, 3.63) is 12.2 Å². The van der Waals surface area contributed by atoms with E-state index in [1.54, 1.807) is 0 Å². The van der Waals surface area contributed by atoms with E-state index < -0.39 is 54.6 Å². The topological polar surface area (TPSA) is 279 Å². The minimum Gasteiger partial charge on any atom is -0.387 e. The molecule has 3 heterocycles. The number of imidazole rings is 1. The van der Waals surface area contributed by atoms with Crippen molar-refractivity contribution >= 4 is 40.4 Å². The molecule has 7 atom stereocenters. The monoisotopic (exact) mass is 563 g/mol. The van der Waals surface area contributed by atoms with Gasteiger partial charge in [-0.15, -0.1) is 0 Å². The predicted octanol–water partition coefficient (Wildman–Crippen LogP) is -0.116. The van der Waals surface area contributed by atoms with E-state index in [0.717, 1.165) is 0 Å². The Morgan fingerprint density at radius 3 is 2.37 bits per heavy atom. The van der Waals surface area contributed by atoms with Gasteiger partial charge in [0.1, 0.15) is 30.5 Å². The molecular formula is C14H24N5O13P3. The van der Waals surface area contributed by atoms with Gasteiger partial charge in [0.15, 0.2) is 23.2 Å². The molecule has 0 aliphatic carbocycles. The number of ether oxygens (including phenoxy) is 1. The Hall–Kier alpha value is -1.36. The molecule has 1 aliphatic heterocycles. The van der Waals surface area contributed by atoms with Gasteiger partial charge in [-0.25, -0.2) is 28.6 Å². The number of hydrogen-bond acceptors (Lipinski definition) is 13. The summed E-state index contributed by atoms with van der Waals surface area (Å²) < 4.78 is 52.9. The Morgan fingerprint density at radius 1 is 1.11 bits per heavy atom. The van der Waals surface area contributed by atoms with Crippen molar-refractivity contribution < 1.29 is 61.4 Å². The van der Waals surface area contributed by atoms with Crippen LogP contribution in [0.25, 0.3) is 11.2 Å². The van der Waals surface area contributed by atoms with E-state index in [0.29, 0.717) is 12.2 Å². The maximum Gasteiger partial charge on any atom is 0.490 e. The third kappa shape index (κ3) is 6.50. The van der Waals surface area contributed by atoms with Crippen molar-refractivity contribution in [3.8, 4) is 0 Å². The van der Waals surface area contributed by atoms with Crippen LogP contribution in [-0.4, -0.2) is 74.2 Å². The van der Waals surface area contributed by atoms with E-state index in [9.17, 15) is 33.7 Å². The fourth-order valence-electron chi connectivity index (χ4n) is 3.28. The number of nitrogen functional groups attached to an aromatic ring is 1. The van der Waals surface area contributed by atoms with E-state index >= 15 is 0 Å². The van der Waals surface area contributed by atoms with Crippen LogP contribution in [0.3, 0.4) is 0 Å². The number of rotatable bonds is 10. The second-order valence-electron chi connectivity index (χ2n) is 7.51. The number of anilines is 1. The Morgan fingerprint density at radius 2 is 1.77 bits per heavy atom. The number of nitrogens with zero attached hydrogens (tertiary/aromatic N) is 4.